The van der Waals surface area contributed by atoms with Gasteiger partial charge in [0.2, 0.25) is 5.91 Å². The molecule has 0 saturated carbocycles. The second-order valence-corrected chi connectivity index (χ2v) is 6.95. The lowest BCUT2D eigenvalue weighted by Crippen LogP contribution is -2.44. The number of fused-ring (bicyclic) bond motifs is 1. The first kappa shape index (κ1) is 20.6. The number of nitrogens with zero attached hydrogens (tertiary/aromatic N) is 3. The molecule has 2 aromatic rings. The van der Waals surface area contributed by atoms with Gasteiger partial charge in [-0.3, -0.25) is 9.79 Å². The Bertz CT molecular complexity index is 776. The largest absolute Gasteiger partial charge is 0.356 e. The molecule has 8 heteroatoms. The van der Waals surface area contributed by atoms with E-state index in [9.17, 15) is 4.79 Å². The predicted molar refractivity (Wildman–Crippen MR) is 118 cm³/mol. The summed E-state index contributed by atoms with van der Waals surface area (Å²) in [5.41, 5.74) is 3.34. The number of amides is 1. The molecule has 0 spiro atoms. The monoisotopic (exact) mass is 485 g/mol. The standard InChI is InChI=1S/C18H23N5OS.HI/c1-13-22-15(12-25-13)7-9-20-18(19-2)21-11-17(24)23-10-8-14-5-3-4-6-16(14)23;/h3-6,12H,7-11H2,1-2H3,(H2,19,20,21);1H. The molecule has 140 valence electrons. The highest BCUT2D eigenvalue weighted by Gasteiger charge is 2.23. The van der Waals surface area contributed by atoms with Crippen molar-refractivity contribution in [2.75, 3.05) is 31.6 Å². The van der Waals surface area contributed by atoms with E-state index in [1.807, 2.05) is 30.0 Å². The average Bonchev–Trinajstić information content (AvgIpc) is 3.23. The van der Waals surface area contributed by atoms with Crippen LogP contribution in [0.3, 0.4) is 0 Å². The highest BCUT2D eigenvalue weighted by atomic mass is 127. The van der Waals surface area contributed by atoms with E-state index in [0.717, 1.165) is 42.3 Å². The maximum Gasteiger partial charge on any atom is 0.246 e. The zero-order chi connectivity index (χ0) is 17.6. The summed E-state index contributed by atoms with van der Waals surface area (Å²) in [6, 6.07) is 8.07. The van der Waals surface area contributed by atoms with Crippen LogP contribution in [0.15, 0.2) is 34.6 Å². The molecular formula is C18H24IN5OS. The zero-order valence-electron chi connectivity index (χ0n) is 15.0. The Morgan fingerprint density at radius 1 is 1.35 bits per heavy atom. The number of aliphatic imine (C=N–C) groups is 1. The number of rotatable bonds is 5. The van der Waals surface area contributed by atoms with Crippen LogP contribution in [0.25, 0.3) is 0 Å². The van der Waals surface area contributed by atoms with E-state index in [0.29, 0.717) is 5.96 Å². The highest BCUT2D eigenvalue weighted by Crippen LogP contribution is 2.27. The predicted octanol–water partition coefficient (Wildman–Crippen LogP) is 2.37. The van der Waals surface area contributed by atoms with Gasteiger partial charge in [-0.1, -0.05) is 18.2 Å². The summed E-state index contributed by atoms with van der Waals surface area (Å²) in [4.78, 5) is 23.0. The van der Waals surface area contributed by atoms with Gasteiger partial charge in [0.1, 0.15) is 0 Å². The lowest BCUT2D eigenvalue weighted by molar-refractivity contribution is -0.117. The number of carbonyl (C=O) groups is 1. The third-order valence-corrected chi connectivity index (χ3v) is 4.98. The number of carbonyl (C=O) groups excluding carboxylic acids is 1. The molecule has 1 amide bonds. The molecule has 0 fully saturated rings. The Labute approximate surface area is 175 Å². The van der Waals surface area contributed by atoms with Crippen molar-refractivity contribution in [3.8, 4) is 0 Å². The number of anilines is 1. The minimum atomic E-state index is 0. The van der Waals surface area contributed by atoms with Crippen molar-refractivity contribution in [3.05, 3.63) is 45.9 Å². The summed E-state index contributed by atoms with van der Waals surface area (Å²) in [6.45, 7) is 3.70. The number of thiazole rings is 1. The van der Waals surface area contributed by atoms with Gasteiger partial charge in [-0.25, -0.2) is 4.98 Å². The first-order chi connectivity index (χ1) is 12.2. The van der Waals surface area contributed by atoms with Gasteiger partial charge in [0.05, 0.1) is 17.2 Å². The van der Waals surface area contributed by atoms with E-state index in [4.69, 9.17) is 0 Å². The normalized spacial score (nSPS) is 13.2. The zero-order valence-corrected chi connectivity index (χ0v) is 18.1. The van der Waals surface area contributed by atoms with E-state index >= 15 is 0 Å². The molecule has 2 N–H and O–H groups in total. The molecule has 1 aliphatic rings. The van der Waals surface area contributed by atoms with Crippen molar-refractivity contribution >= 4 is 52.9 Å². The number of hydrogen-bond donors (Lipinski definition) is 2. The van der Waals surface area contributed by atoms with Gasteiger partial charge in [0, 0.05) is 37.6 Å². The van der Waals surface area contributed by atoms with E-state index in [1.54, 1.807) is 18.4 Å². The van der Waals surface area contributed by atoms with Gasteiger partial charge < -0.3 is 15.5 Å². The van der Waals surface area contributed by atoms with Crippen LogP contribution in [0.4, 0.5) is 5.69 Å². The Hall–Kier alpha value is -1.68. The number of nitrogens with one attached hydrogen (secondary N) is 2. The van der Waals surface area contributed by atoms with Crippen molar-refractivity contribution in [2.45, 2.75) is 19.8 Å². The number of para-hydroxylation sites is 1. The SMILES string of the molecule is CN=C(NCCc1csc(C)n1)NCC(=O)N1CCc2ccccc21.I. The van der Waals surface area contributed by atoms with E-state index in [-0.39, 0.29) is 36.4 Å². The molecule has 6 nitrogen and oxygen atoms in total. The van der Waals surface area contributed by atoms with Crippen molar-refractivity contribution < 1.29 is 4.79 Å². The molecule has 0 atom stereocenters. The first-order valence-corrected chi connectivity index (χ1v) is 9.29. The van der Waals surface area contributed by atoms with Crippen molar-refractivity contribution in [2.24, 2.45) is 4.99 Å². The van der Waals surface area contributed by atoms with Gasteiger partial charge >= 0.3 is 0 Å². The third-order valence-electron chi connectivity index (χ3n) is 4.16. The van der Waals surface area contributed by atoms with Crippen LogP contribution in [0.2, 0.25) is 0 Å². The molecule has 0 bridgehead atoms. The van der Waals surface area contributed by atoms with Gasteiger partial charge in [0.15, 0.2) is 5.96 Å². The highest BCUT2D eigenvalue weighted by molar-refractivity contribution is 14.0. The fourth-order valence-electron chi connectivity index (χ4n) is 2.90. The third kappa shape index (κ3) is 5.16. The van der Waals surface area contributed by atoms with Crippen molar-refractivity contribution in [1.82, 2.24) is 15.6 Å². The number of guanidine groups is 1. The molecule has 0 radical (unpaired) electrons. The minimum Gasteiger partial charge on any atom is -0.356 e. The summed E-state index contributed by atoms with van der Waals surface area (Å²) in [5, 5.41) is 9.47. The van der Waals surface area contributed by atoms with E-state index < -0.39 is 0 Å². The number of aromatic nitrogens is 1. The smallest absolute Gasteiger partial charge is 0.246 e. The second-order valence-electron chi connectivity index (χ2n) is 5.88. The van der Waals surface area contributed by atoms with Crippen LogP contribution in [0.5, 0.6) is 0 Å². The van der Waals surface area contributed by atoms with Crippen molar-refractivity contribution in [1.29, 1.82) is 0 Å². The molecule has 26 heavy (non-hydrogen) atoms. The summed E-state index contributed by atoms with van der Waals surface area (Å²) in [7, 11) is 1.71. The molecule has 0 aliphatic carbocycles. The lowest BCUT2D eigenvalue weighted by atomic mass is 10.2. The number of aryl methyl sites for hydroxylation is 1. The fraction of sp³-hybridized carbons (Fsp3) is 0.389. The maximum atomic E-state index is 12.5. The molecule has 0 saturated heterocycles. The topological polar surface area (TPSA) is 69.6 Å². The van der Waals surface area contributed by atoms with Crippen molar-refractivity contribution in [3.63, 3.8) is 0 Å². The van der Waals surface area contributed by atoms with Gasteiger partial charge in [-0.05, 0) is 25.0 Å². The van der Waals surface area contributed by atoms with Crippen LogP contribution >= 0.6 is 35.3 Å². The van der Waals surface area contributed by atoms with Crippen LogP contribution in [0, 0.1) is 6.92 Å². The Morgan fingerprint density at radius 3 is 2.88 bits per heavy atom. The Balaban J connectivity index is 0.00000243. The Kier molecular flexibility index (Phi) is 7.83. The molecule has 1 aliphatic heterocycles. The summed E-state index contributed by atoms with van der Waals surface area (Å²) in [5.74, 6) is 0.691. The van der Waals surface area contributed by atoms with E-state index in [1.165, 1.54) is 5.56 Å². The summed E-state index contributed by atoms with van der Waals surface area (Å²) < 4.78 is 0. The fourth-order valence-corrected chi connectivity index (χ4v) is 3.55. The number of benzene rings is 1. The maximum absolute atomic E-state index is 12.5. The lowest BCUT2D eigenvalue weighted by Gasteiger charge is -2.18. The first-order valence-electron chi connectivity index (χ1n) is 8.41. The molecule has 0 unspecified atom stereocenters. The van der Waals surface area contributed by atoms with E-state index in [2.05, 4.69) is 32.1 Å². The Morgan fingerprint density at radius 2 is 2.15 bits per heavy atom. The summed E-state index contributed by atoms with van der Waals surface area (Å²) in [6.07, 6.45) is 1.75. The quantitative estimate of drug-likeness (QED) is 0.388. The molecular weight excluding hydrogens is 461 g/mol. The summed E-state index contributed by atoms with van der Waals surface area (Å²) >= 11 is 1.66. The minimum absolute atomic E-state index is 0. The van der Waals surface area contributed by atoms with Crippen LogP contribution in [-0.2, 0) is 17.6 Å². The number of hydrogen-bond acceptors (Lipinski definition) is 4. The molecule has 1 aromatic heterocycles. The van der Waals surface area contributed by atoms with Crippen LogP contribution < -0.4 is 15.5 Å². The van der Waals surface area contributed by atoms with Crippen LogP contribution in [0.1, 0.15) is 16.3 Å². The molecule has 3 rings (SSSR count). The molecule has 1 aromatic carbocycles. The average molecular weight is 485 g/mol. The van der Waals surface area contributed by atoms with Gasteiger partial charge in [0.25, 0.3) is 0 Å². The van der Waals surface area contributed by atoms with Crippen LogP contribution in [-0.4, -0.2) is 43.5 Å². The second kappa shape index (κ2) is 9.86. The van der Waals surface area contributed by atoms with Gasteiger partial charge in [-0.15, -0.1) is 35.3 Å². The van der Waals surface area contributed by atoms with Gasteiger partial charge in [-0.2, -0.15) is 0 Å². The molecule has 2 heterocycles. The number of halogens is 1.